The van der Waals surface area contributed by atoms with E-state index in [0.717, 1.165) is 50.5 Å². The van der Waals surface area contributed by atoms with Gasteiger partial charge in [0.25, 0.3) is 5.91 Å². The Labute approximate surface area is 185 Å². The number of anilines is 1. The van der Waals surface area contributed by atoms with Gasteiger partial charge in [0.1, 0.15) is 5.00 Å². The average molecular weight is 448 g/mol. The average Bonchev–Trinajstić information content (AvgIpc) is 3.45. The summed E-state index contributed by atoms with van der Waals surface area (Å²) in [7, 11) is 0. The molecule has 5 aliphatic rings. The first kappa shape index (κ1) is 20.9. The van der Waals surface area contributed by atoms with E-state index < -0.39 is 29.5 Å². The van der Waals surface area contributed by atoms with Gasteiger partial charge in [-0.2, -0.15) is 0 Å². The lowest BCUT2D eigenvalue weighted by atomic mass is 9.48. The number of thiophene rings is 1. The number of esters is 2. The molecule has 1 aromatic rings. The van der Waals surface area contributed by atoms with Crippen molar-refractivity contribution >= 4 is 34.2 Å². The summed E-state index contributed by atoms with van der Waals surface area (Å²) in [4.78, 5) is 38.0. The molecule has 5 aliphatic carbocycles. The van der Waals surface area contributed by atoms with Crippen LogP contribution in [0.5, 0.6) is 0 Å². The fourth-order valence-electron chi connectivity index (χ4n) is 6.47. The van der Waals surface area contributed by atoms with E-state index in [1.54, 1.807) is 6.92 Å². The minimum atomic E-state index is -0.754. The van der Waals surface area contributed by atoms with Crippen LogP contribution in [0.15, 0.2) is 5.38 Å². The van der Waals surface area contributed by atoms with Gasteiger partial charge in [-0.05, 0) is 87.0 Å². The number of hydrogen-bond acceptors (Lipinski definition) is 7. The lowest BCUT2D eigenvalue weighted by Crippen LogP contribution is -2.58. The van der Waals surface area contributed by atoms with Gasteiger partial charge in [-0.1, -0.05) is 0 Å². The van der Waals surface area contributed by atoms with Gasteiger partial charge >= 0.3 is 11.9 Å². The van der Waals surface area contributed by atoms with Crippen LogP contribution in [0.1, 0.15) is 80.1 Å². The monoisotopic (exact) mass is 447 g/mol. The van der Waals surface area contributed by atoms with Crippen molar-refractivity contribution in [2.24, 2.45) is 17.3 Å². The second kappa shape index (κ2) is 7.59. The Hall–Kier alpha value is -1.93. The summed E-state index contributed by atoms with van der Waals surface area (Å²) in [6.07, 6.45) is 6.63. The zero-order valence-electron chi connectivity index (χ0n) is 17.8. The topological polar surface area (TPSA) is 102 Å². The van der Waals surface area contributed by atoms with E-state index in [-0.39, 0.29) is 12.6 Å². The number of rotatable bonds is 7. The van der Waals surface area contributed by atoms with Gasteiger partial charge in [-0.3, -0.25) is 9.59 Å². The van der Waals surface area contributed by atoms with E-state index in [1.807, 2.05) is 5.38 Å². The lowest BCUT2D eigenvalue weighted by molar-refractivity contribution is -0.196. The van der Waals surface area contributed by atoms with Crippen molar-refractivity contribution in [3.05, 3.63) is 16.5 Å². The van der Waals surface area contributed by atoms with Crippen LogP contribution in [0.3, 0.4) is 0 Å². The van der Waals surface area contributed by atoms with Gasteiger partial charge < -0.3 is 19.9 Å². The van der Waals surface area contributed by atoms with Gasteiger partial charge in [0, 0.05) is 0 Å². The standard InChI is InChI=1S/C23H29NO6S/c1-2-29-20(26)18-16(15-3-4-15)11-31-19(18)24-17(25)10-30-21(27)22-6-13-5-14(7-22)9-23(28,8-13)12-22/h11,13-15,28H,2-10,12H2,1H3,(H,24,25)/t13-,14-,22?,23?/m1/s1. The Morgan fingerprint density at radius 2 is 1.87 bits per heavy atom. The van der Waals surface area contributed by atoms with Gasteiger partial charge in [0.05, 0.1) is 23.2 Å². The molecule has 0 radical (unpaired) electrons. The summed E-state index contributed by atoms with van der Waals surface area (Å²) < 4.78 is 10.6. The Morgan fingerprint density at radius 1 is 1.16 bits per heavy atom. The van der Waals surface area contributed by atoms with Gasteiger partial charge in [-0.15, -0.1) is 11.3 Å². The van der Waals surface area contributed by atoms with Crippen molar-refractivity contribution in [1.82, 2.24) is 0 Å². The molecule has 0 spiro atoms. The van der Waals surface area contributed by atoms with Gasteiger partial charge in [0.15, 0.2) is 6.61 Å². The van der Waals surface area contributed by atoms with Crippen molar-refractivity contribution in [3.8, 4) is 0 Å². The Balaban J connectivity index is 1.23. The largest absolute Gasteiger partial charge is 0.462 e. The molecule has 2 atom stereocenters. The maximum Gasteiger partial charge on any atom is 0.341 e. The summed E-state index contributed by atoms with van der Waals surface area (Å²) in [5.74, 6) is -0.184. The van der Waals surface area contributed by atoms with Crippen LogP contribution in [0.4, 0.5) is 5.00 Å². The molecule has 1 aromatic heterocycles. The van der Waals surface area contributed by atoms with Crippen LogP contribution in [0.2, 0.25) is 0 Å². The van der Waals surface area contributed by atoms with E-state index in [4.69, 9.17) is 9.47 Å². The summed E-state index contributed by atoms with van der Waals surface area (Å²) in [6, 6.07) is 0. The van der Waals surface area contributed by atoms with Crippen LogP contribution in [-0.4, -0.2) is 41.8 Å². The van der Waals surface area contributed by atoms with E-state index in [9.17, 15) is 19.5 Å². The van der Waals surface area contributed by atoms with Gasteiger partial charge in [0.2, 0.25) is 0 Å². The molecule has 8 heteroatoms. The second-order valence-electron chi connectivity index (χ2n) is 9.98. The van der Waals surface area contributed by atoms with Crippen molar-refractivity contribution in [2.75, 3.05) is 18.5 Å². The maximum atomic E-state index is 13.0. The molecule has 1 amide bonds. The fourth-order valence-corrected chi connectivity index (χ4v) is 7.52. The molecule has 5 saturated carbocycles. The maximum absolute atomic E-state index is 13.0. The molecule has 1 heterocycles. The summed E-state index contributed by atoms with van der Waals surface area (Å²) in [5.41, 5.74) is -0.0530. The summed E-state index contributed by atoms with van der Waals surface area (Å²) in [6.45, 7) is 1.62. The normalized spacial score (nSPS) is 33.2. The number of nitrogens with one attached hydrogen (secondary N) is 1. The smallest absolute Gasteiger partial charge is 0.341 e. The van der Waals surface area contributed by atoms with Crippen molar-refractivity contribution in [1.29, 1.82) is 0 Å². The minimum Gasteiger partial charge on any atom is -0.462 e. The first-order valence-corrected chi connectivity index (χ1v) is 12.2. The highest BCUT2D eigenvalue weighted by Gasteiger charge is 2.60. The Bertz CT molecular complexity index is 905. The van der Waals surface area contributed by atoms with E-state index >= 15 is 0 Å². The predicted octanol–water partition coefficient (Wildman–Crippen LogP) is 3.62. The second-order valence-corrected chi connectivity index (χ2v) is 10.9. The minimum absolute atomic E-state index is 0.264. The molecule has 0 unspecified atom stereocenters. The summed E-state index contributed by atoms with van der Waals surface area (Å²) in [5, 5.41) is 15.9. The molecule has 31 heavy (non-hydrogen) atoms. The predicted molar refractivity (Wildman–Crippen MR) is 114 cm³/mol. The molecule has 0 saturated heterocycles. The zero-order chi connectivity index (χ0) is 21.8. The molecule has 5 fully saturated rings. The third-order valence-corrected chi connectivity index (χ3v) is 8.28. The van der Waals surface area contributed by atoms with Crippen LogP contribution < -0.4 is 5.32 Å². The molecule has 2 N–H and O–H groups in total. The highest BCUT2D eigenvalue weighted by molar-refractivity contribution is 7.15. The molecule has 6 rings (SSSR count). The molecular weight excluding hydrogens is 418 g/mol. The molecule has 168 valence electrons. The van der Waals surface area contributed by atoms with Crippen molar-refractivity contribution in [2.45, 2.75) is 69.8 Å². The number of amides is 1. The highest BCUT2D eigenvalue weighted by atomic mass is 32.1. The highest BCUT2D eigenvalue weighted by Crippen LogP contribution is 2.62. The van der Waals surface area contributed by atoms with E-state index in [1.165, 1.54) is 11.3 Å². The van der Waals surface area contributed by atoms with Crippen molar-refractivity contribution in [3.63, 3.8) is 0 Å². The molecule has 7 nitrogen and oxygen atoms in total. The van der Waals surface area contributed by atoms with Crippen LogP contribution >= 0.6 is 11.3 Å². The number of hydrogen-bond donors (Lipinski definition) is 2. The van der Waals surface area contributed by atoms with Crippen molar-refractivity contribution < 1.29 is 29.0 Å². The fraction of sp³-hybridized carbons (Fsp3) is 0.696. The third kappa shape index (κ3) is 3.89. The number of carbonyl (C=O) groups is 3. The van der Waals surface area contributed by atoms with Crippen LogP contribution in [-0.2, 0) is 19.1 Å². The number of aliphatic hydroxyl groups is 1. The lowest BCUT2D eigenvalue weighted by Gasteiger charge is -2.58. The molecule has 0 aliphatic heterocycles. The zero-order valence-corrected chi connectivity index (χ0v) is 18.6. The van der Waals surface area contributed by atoms with Crippen LogP contribution in [0.25, 0.3) is 0 Å². The quantitative estimate of drug-likeness (QED) is 0.619. The molecular formula is C23H29NO6S. The third-order valence-electron chi connectivity index (χ3n) is 7.37. The summed E-state index contributed by atoms with van der Waals surface area (Å²) >= 11 is 1.30. The Morgan fingerprint density at radius 3 is 2.48 bits per heavy atom. The Kier molecular flexibility index (Phi) is 5.13. The first-order chi connectivity index (χ1) is 14.8. The SMILES string of the molecule is CCOC(=O)c1c(C2CC2)csc1NC(=O)COC(=O)C12C[C@H]3C[C@@H](CC(O)(C3)C1)C2. The first-order valence-electron chi connectivity index (χ1n) is 11.3. The van der Waals surface area contributed by atoms with Crippen LogP contribution in [0, 0.1) is 17.3 Å². The van der Waals surface area contributed by atoms with Gasteiger partial charge in [-0.25, -0.2) is 4.79 Å². The molecule has 4 bridgehead atoms. The van der Waals surface area contributed by atoms with E-state index in [2.05, 4.69) is 5.32 Å². The van der Waals surface area contributed by atoms with E-state index in [0.29, 0.717) is 34.7 Å². The number of ether oxygens (including phenoxy) is 2. The molecule has 0 aromatic carbocycles. The number of carbonyl (C=O) groups excluding carboxylic acids is 3.